The predicted molar refractivity (Wildman–Crippen MR) is 91.3 cm³/mol. The Bertz CT molecular complexity index is 611. The number of hydrogen-bond acceptors (Lipinski definition) is 6. The minimum atomic E-state index is 0.681. The molecule has 1 aromatic heterocycles. The lowest BCUT2D eigenvalue weighted by Gasteiger charge is -2.14. The molecule has 0 aliphatic carbocycles. The second kappa shape index (κ2) is 6.52. The number of aromatic nitrogens is 2. The van der Waals surface area contributed by atoms with Gasteiger partial charge < -0.3 is 14.5 Å². The summed E-state index contributed by atoms with van der Waals surface area (Å²) in [5.74, 6) is 2.40. The molecule has 1 atom stereocenters. The van der Waals surface area contributed by atoms with Crippen molar-refractivity contribution < 1.29 is 4.74 Å². The highest BCUT2D eigenvalue weighted by Crippen LogP contribution is 2.29. The van der Waals surface area contributed by atoms with Crippen LogP contribution in [0.2, 0.25) is 0 Å². The topological polar surface area (TPSA) is 41.5 Å². The number of methoxy groups -OCH3 is 1. The number of rotatable bonds is 5. The van der Waals surface area contributed by atoms with E-state index in [4.69, 9.17) is 4.74 Å². The molecule has 1 unspecified atom stereocenters. The summed E-state index contributed by atoms with van der Waals surface area (Å²) in [5.41, 5.74) is 1.37. The van der Waals surface area contributed by atoms with E-state index in [1.165, 1.54) is 23.5 Å². The van der Waals surface area contributed by atoms with Crippen molar-refractivity contribution >= 4 is 22.6 Å². The monoisotopic (exact) mass is 318 g/mol. The first-order valence-electron chi connectivity index (χ1n) is 7.54. The molecule has 2 heterocycles. The second-order valence-corrected chi connectivity index (χ2v) is 6.65. The highest BCUT2D eigenvalue weighted by Gasteiger charge is 2.25. The van der Waals surface area contributed by atoms with Crippen LogP contribution in [-0.2, 0) is 6.42 Å². The molecule has 3 rings (SSSR count). The van der Waals surface area contributed by atoms with E-state index in [9.17, 15) is 0 Å². The Morgan fingerprint density at radius 3 is 2.73 bits per heavy atom. The molecule has 0 N–H and O–H groups in total. The molecule has 0 amide bonds. The molecule has 2 aromatic rings. The lowest BCUT2D eigenvalue weighted by atomic mass is 9.99. The molecule has 1 aromatic carbocycles. The fraction of sp³-hybridized carbons (Fsp3) is 0.500. The molecule has 1 aliphatic rings. The normalized spacial score (nSPS) is 17.8. The van der Waals surface area contributed by atoms with E-state index >= 15 is 0 Å². The molecule has 0 radical (unpaired) electrons. The Morgan fingerprint density at radius 2 is 2.09 bits per heavy atom. The van der Waals surface area contributed by atoms with E-state index in [0.717, 1.165) is 36.3 Å². The van der Waals surface area contributed by atoms with Gasteiger partial charge in [-0.3, -0.25) is 0 Å². The van der Waals surface area contributed by atoms with Gasteiger partial charge in [0.1, 0.15) is 5.75 Å². The number of nitrogens with zero attached hydrogens (tertiary/aromatic N) is 4. The lowest BCUT2D eigenvalue weighted by Crippen LogP contribution is -2.20. The van der Waals surface area contributed by atoms with Crippen LogP contribution in [0.4, 0.5) is 11.1 Å². The molecular formula is C16H22N4OS. The fourth-order valence-electron chi connectivity index (χ4n) is 2.79. The molecule has 1 aliphatic heterocycles. The molecule has 0 saturated carbocycles. The van der Waals surface area contributed by atoms with Gasteiger partial charge in [0.15, 0.2) is 0 Å². The maximum atomic E-state index is 5.21. The molecule has 0 spiro atoms. The average molecular weight is 318 g/mol. The van der Waals surface area contributed by atoms with Crippen LogP contribution in [0.1, 0.15) is 12.0 Å². The summed E-state index contributed by atoms with van der Waals surface area (Å²) in [5, 5.41) is 1.04. The Kier molecular flexibility index (Phi) is 4.47. The fourth-order valence-corrected chi connectivity index (χ4v) is 3.56. The third kappa shape index (κ3) is 3.32. The van der Waals surface area contributed by atoms with Gasteiger partial charge in [0.2, 0.25) is 11.1 Å². The largest absolute Gasteiger partial charge is 0.497 e. The van der Waals surface area contributed by atoms with Crippen molar-refractivity contribution in [3.05, 3.63) is 29.8 Å². The van der Waals surface area contributed by atoms with E-state index in [1.54, 1.807) is 7.11 Å². The molecule has 22 heavy (non-hydrogen) atoms. The van der Waals surface area contributed by atoms with Gasteiger partial charge in [-0.25, -0.2) is 0 Å². The van der Waals surface area contributed by atoms with Gasteiger partial charge in [0, 0.05) is 38.7 Å². The third-order valence-electron chi connectivity index (χ3n) is 4.04. The SMILES string of the molecule is COc1ccc(CC2CCN(c3nc(N(C)C)ns3)C2)cc1. The zero-order chi connectivity index (χ0) is 15.5. The molecule has 6 heteroatoms. The average Bonchev–Trinajstić information content (AvgIpc) is 3.16. The van der Waals surface area contributed by atoms with Crippen LogP contribution in [0, 0.1) is 5.92 Å². The van der Waals surface area contributed by atoms with Crippen LogP contribution in [0.3, 0.4) is 0 Å². The number of hydrogen-bond donors (Lipinski definition) is 0. The summed E-state index contributed by atoms with van der Waals surface area (Å²) in [4.78, 5) is 8.91. The molecule has 5 nitrogen and oxygen atoms in total. The van der Waals surface area contributed by atoms with E-state index in [-0.39, 0.29) is 0 Å². The van der Waals surface area contributed by atoms with Crippen LogP contribution in [0.25, 0.3) is 0 Å². The van der Waals surface area contributed by atoms with Crippen molar-refractivity contribution in [2.75, 3.05) is 44.1 Å². The lowest BCUT2D eigenvalue weighted by molar-refractivity contribution is 0.414. The zero-order valence-corrected chi connectivity index (χ0v) is 14.1. The van der Waals surface area contributed by atoms with Crippen LogP contribution in [-0.4, -0.2) is 43.7 Å². The van der Waals surface area contributed by atoms with Gasteiger partial charge in [-0.05, 0) is 36.5 Å². The summed E-state index contributed by atoms with van der Waals surface area (Å²) in [6, 6.07) is 8.40. The van der Waals surface area contributed by atoms with Crippen LogP contribution in [0.5, 0.6) is 5.75 Å². The van der Waals surface area contributed by atoms with E-state index < -0.39 is 0 Å². The van der Waals surface area contributed by atoms with Crippen molar-refractivity contribution in [2.24, 2.45) is 5.92 Å². The number of benzene rings is 1. The maximum Gasteiger partial charge on any atom is 0.238 e. The molecule has 1 fully saturated rings. The minimum Gasteiger partial charge on any atom is -0.497 e. The van der Waals surface area contributed by atoms with Gasteiger partial charge in [0.25, 0.3) is 0 Å². The Hall–Kier alpha value is -1.82. The second-order valence-electron chi connectivity index (χ2n) is 5.92. The van der Waals surface area contributed by atoms with Crippen molar-refractivity contribution in [2.45, 2.75) is 12.8 Å². The number of ether oxygens (including phenoxy) is 1. The van der Waals surface area contributed by atoms with Crippen molar-refractivity contribution in [1.29, 1.82) is 0 Å². The smallest absolute Gasteiger partial charge is 0.238 e. The summed E-state index contributed by atoms with van der Waals surface area (Å²) < 4.78 is 9.60. The van der Waals surface area contributed by atoms with Crippen molar-refractivity contribution in [3.63, 3.8) is 0 Å². The summed E-state index contributed by atoms with van der Waals surface area (Å²) in [7, 11) is 5.65. The summed E-state index contributed by atoms with van der Waals surface area (Å²) in [6.07, 6.45) is 2.32. The van der Waals surface area contributed by atoms with Crippen molar-refractivity contribution in [1.82, 2.24) is 9.36 Å². The first-order valence-corrected chi connectivity index (χ1v) is 8.32. The van der Waals surface area contributed by atoms with Gasteiger partial charge >= 0.3 is 0 Å². The van der Waals surface area contributed by atoms with Crippen LogP contribution < -0.4 is 14.5 Å². The van der Waals surface area contributed by atoms with E-state index in [1.807, 2.05) is 31.1 Å². The Labute approximate surface area is 135 Å². The Balaban J connectivity index is 1.59. The summed E-state index contributed by atoms with van der Waals surface area (Å²) in [6.45, 7) is 2.14. The maximum absolute atomic E-state index is 5.21. The molecular weight excluding hydrogens is 296 g/mol. The number of anilines is 2. The minimum absolute atomic E-state index is 0.681. The summed E-state index contributed by atoms with van der Waals surface area (Å²) >= 11 is 1.50. The first kappa shape index (κ1) is 15.1. The van der Waals surface area contributed by atoms with Crippen molar-refractivity contribution in [3.8, 4) is 5.75 Å². The standard InChI is InChI=1S/C16H22N4OS/c1-19(2)15-17-16(22-18-15)20-9-8-13(11-20)10-12-4-6-14(21-3)7-5-12/h4-7,13H,8-11H2,1-3H3. The zero-order valence-electron chi connectivity index (χ0n) is 13.3. The van der Waals surface area contributed by atoms with Gasteiger partial charge in [0.05, 0.1) is 7.11 Å². The molecule has 118 valence electrons. The van der Waals surface area contributed by atoms with E-state index in [0.29, 0.717) is 5.92 Å². The highest BCUT2D eigenvalue weighted by molar-refractivity contribution is 7.09. The molecule has 1 saturated heterocycles. The molecule has 0 bridgehead atoms. The third-order valence-corrected chi connectivity index (χ3v) is 4.81. The highest BCUT2D eigenvalue weighted by atomic mass is 32.1. The van der Waals surface area contributed by atoms with E-state index in [2.05, 4.69) is 26.4 Å². The van der Waals surface area contributed by atoms with Gasteiger partial charge in [-0.2, -0.15) is 9.36 Å². The predicted octanol–water partition coefficient (Wildman–Crippen LogP) is 2.68. The van der Waals surface area contributed by atoms with Gasteiger partial charge in [-0.15, -0.1) is 0 Å². The quantitative estimate of drug-likeness (QED) is 0.848. The first-order chi connectivity index (χ1) is 10.7. The Morgan fingerprint density at radius 1 is 1.32 bits per heavy atom. The van der Waals surface area contributed by atoms with Crippen LogP contribution >= 0.6 is 11.5 Å². The van der Waals surface area contributed by atoms with Gasteiger partial charge in [-0.1, -0.05) is 12.1 Å². The van der Waals surface area contributed by atoms with Crippen LogP contribution in [0.15, 0.2) is 24.3 Å².